The zero-order valence-electron chi connectivity index (χ0n) is 42.2. The largest absolute Gasteiger partial charge is 0.444 e. The maximum Gasteiger partial charge on any atom is 0.411 e. The zero-order chi connectivity index (χ0) is 55.0. The van der Waals surface area contributed by atoms with Crippen molar-refractivity contribution in [2.45, 2.75) is 84.4 Å². The van der Waals surface area contributed by atoms with E-state index in [0.717, 1.165) is 33.4 Å². The molecule has 12 nitrogen and oxygen atoms in total. The van der Waals surface area contributed by atoms with E-state index in [0.29, 0.717) is 30.9 Å². The lowest BCUT2D eigenvalue weighted by Gasteiger charge is -2.28. The molecule has 1 amide bonds. The summed E-state index contributed by atoms with van der Waals surface area (Å²) in [7, 11) is -2.26. The molecule has 2 aliphatic rings. The van der Waals surface area contributed by atoms with E-state index in [9.17, 15) is 50.2 Å². The summed E-state index contributed by atoms with van der Waals surface area (Å²) >= 11 is 2.74. The number of carbonyl (C=O) groups excluding carboxylic acids is 3. The highest BCUT2D eigenvalue weighted by atomic mass is 35.7. The van der Waals surface area contributed by atoms with Crippen molar-refractivity contribution in [2.24, 2.45) is 0 Å². The van der Waals surface area contributed by atoms with Crippen LogP contribution in [-0.2, 0) is 33.4 Å². The Kier molecular flexibility index (Phi) is 21.8. The van der Waals surface area contributed by atoms with Gasteiger partial charge in [0, 0.05) is 61.3 Å². The molecule has 0 bridgehead atoms. The molecule has 19 heteroatoms. The lowest BCUT2D eigenvalue weighted by atomic mass is 9.91. The minimum atomic E-state index is -3.86. The number of aliphatic hydroxyl groups excluding tert-OH is 2. The van der Waals surface area contributed by atoms with Crippen LogP contribution in [0.2, 0.25) is 0 Å². The first-order valence-corrected chi connectivity index (χ1v) is 30.3. The first kappa shape index (κ1) is 59.8. The first-order valence-electron chi connectivity index (χ1n) is 24.5. The molecule has 2 aliphatic heterocycles. The van der Waals surface area contributed by atoms with Gasteiger partial charge in [-0.15, -0.1) is 23.5 Å². The van der Waals surface area contributed by atoms with Crippen molar-refractivity contribution in [2.75, 3.05) is 37.8 Å². The molecule has 2 saturated heterocycles. The van der Waals surface area contributed by atoms with Crippen molar-refractivity contribution < 1.29 is 54.9 Å². The molecule has 2 N–H and O–H groups in total. The van der Waals surface area contributed by atoms with Crippen LogP contribution in [0.4, 0.5) is 13.6 Å². The fourth-order valence-electron chi connectivity index (χ4n) is 8.47. The lowest BCUT2D eigenvalue weighted by molar-refractivity contribution is -0.122. The van der Waals surface area contributed by atoms with Gasteiger partial charge in [0.1, 0.15) is 28.0 Å². The summed E-state index contributed by atoms with van der Waals surface area (Å²) in [6, 6.07) is 44.4. The summed E-state index contributed by atoms with van der Waals surface area (Å²) in [5, 5.41) is 17.4. The van der Waals surface area contributed by atoms with Crippen molar-refractivity contribution >= 4 is 70.9 Å². The van der Waals surface area contributed by atoms with E-state index in [2.05, 4.69) is 0 Å². The standard InChI is InChI=1S/C26H26FNO4S2.C19H26FNO4S.C12H9ClO2S/c27-23-10-6-21(7-11-23)22(14-16-29)18-25(30)26-28(15-17-33-26)34(31,32)24-12-8-20(9-13-24)19-4-2-1-3-5-19;1-19(2,3)25-18(24)21-9-11-26-17(21)16(23)12-14(8-10-22)13-4-6-15(20)7-5-13;13-16(14,15)12-8-6-11(7-9-12)10-4-2-1-3-5-10/h1-13,22,26,29H,14-18H2;4-7,14,17,22H,8-12H2,1-3H3;1-9H/t22-,26+;14-,17+;/m11./s1. The van der Waals surface area contributed by atoms with Gasteiger partial charge in [-0.3, -0.25) is 14.5 Å². The molecular weight excluding hydrogens is 1070 g/mol. The molecule has 2 fully saturated rings. The molecule has 6 aromatic carbocycles. The number of benzene rings is 6. The highest BCUT2D eigenvalue weighted by Gasteiger charge is 2.41. The summed E-state index contributed by atoms with van der Waals surface area (Å²) in [4.78, 5) is 40.1. The Bertz CT molecular complexity index is 3060. The van der Waals surface area contributed by atoms with E-state index in [1.807, 2.05) is 60.7 Å². The van der Waals surface area contributed by atoms with Crippen molar-refractivity contribution in [1.29, 1.82) is 0 Å². The Morgan fingerprint density at radius 3 is 1.41 bits per heavy atom. The van der Waals surface area contributed by atoms with E-state index in [1.165, 1.54) is 69.1 Å². The number of ether oxygens (including phenoxy) is 1. The van der Waals surface area contributed by atoms with Gasteiger partial charge in [0.25, 0.3) is 9.05 Å². The number of sulfonamides is 1. The van der Waals surface area contributed by atoms with Crippen LogP contribution >= 0.6 is 34.2 Å². The third-order valence-electron chi connectivity index (χ3n) is 12.3. The molecule has 8 rings (SSSR count). The van der Waals surface area contributed by atoms with Crippen LogP contribution in [0.25, 0.3) is 22.3 Å². The number of amides is 1. The van der Waals surface area contributed by atoms with E-state index in [4.69, 9.17) is 15.4 Å². The average Bonchev–Trinajstić information content (AvgIpc) is 4.13. The van der Waals surface area contributed by atoms with Crippen LogP contribution in [0.5, 0.6) is 0 Å². The quantitative estimate of drug-likeness (QED) is 0.0828. The van der Waals surface area contributed by atoms with Gasteiger partial charge in [-0.25, -0.2) is 30.4 Å². The number of ketones is 2. The van der Waals surface area contributed by atoms with Crippen LogP contribution < -0.4 is 0 Å². The molecule has 4 atom stereocenters. The molecule has 76 heavy (non-hydrogen) atoms. The maximum atomic E-state index is 13.4. The topological polar surface area (TPSA) is 176 Å². The van der Waals surface area contributed by atoms with E-state index < -0.39 is 41.5 Å². The first-order chi connectivity index (χ1) is 36.2. The number of carbonyl (C=O) groups is 3. The minimum Gasteiger partial charge on any atom is -0.444 e. The third kappa shape index (κ3) is 17.0. The van der Waals surface area contributed by atoms with Crippen LogP contribution in [-0.4, -0.2) is 108 Å². The number of nitrogens with zero attached hydrogens (tertiary/aromatic N) is 2. The molecular formula is C57H61ClF2N2O10S4. The van der Waals surface area contributed by atoms with Gasteiger partial charge >= 0.3 is 6.09 Å². The van der Waals surface area contributed by atoms with Crippen LogP contribution in [0.1, 0.15) is 69.4 Å². The maximum absolute atomic E-state index is 13.4. The normalized spacial score (nSPS) is 16.6. The van der Waals surface area contributed by atoms with Gasteiger partial charge in [0.2, 0.25) is 10.0 Å². The fourth-order valence-corrected chi connectivity index (χ4v) is 13.6. The molecule has 0 unspecified atom stereocenters. The van der Waals surface area contributed by atoms with E-state index >= 15 is 0 Å². The minimum absolute atomic E-state index is 0.0666. The zero-order valence-corrected chi connectivity index (χ0v) is 46.2. The number of rotatable bonds is 17. The van der Waals surface area contributed by atoms with Crippen molar-refractivity contribution in [3.05, 3.63) is 180 Å². The lowest BCUT2D eigenvalue weighted by Crippen LogP contribution is -2.42. The number of thioether (sulfide) groups is 2. The summed E-state index contributed by atoms with van der Waals surface area (Å²) in [5.41, 5.74) is 4.84. The van der Waals surface area contributed by atoms with Gasteiger partial charge in [-0.05, 0) is 127 Å². The number of Topliss-reactive ketones (excluding diaryl/α,β-unsaturated/α-hetero) is 2. The highest BCUT2D eigenvalue weighted by molar-refractivity contribution is 8.13. The monoisotopic (exact) mass is 1130 g/mol. The Morgan fingerprint density at radius 2 is 0.987 bits per heavy atom. The van der Waals surface area contributed by atoms with Crippen molar-refractivity contribution in [3.63, 3.8) is 0 Å². The third-order valence-corrected chi connectivity index (χ3v) is 18.1. The second-order valence-corrected chi connectivity index (χ2v) is 25.6. The van der Waals surface area contributed by atoms with Crippen molar-refractivity contribution in [1.82, 2.24) is 9.21 Å². The van der Waals surface area contributed by atoms with Crippen LogP contribution in [0, 0.1) is 11.6 Å². The molecule has 0 aromatic heterocycles. The number of aliphatic hydroxyl groups is 2. The Morgan fingerprint density at radius 1 is 0.592 bits per heavy atom. The van der Waals surface area contributed by atoms with Gasteiger partial charge < -0.3 is 14.9 Å². The van der Waals surface area contributed by atoms with Crippen molar-refractivity contribution in [3.8, 4) is 22.3 Å². The molecule has 2 heterocycles. The number of hydrogen-bond donors (Lipinski definition) is 2. The predicted octanol–water partition coefficient (Wildman–Crippen LogP) is 11.5. The highest BCUT2D eigenvalue weighted by Crippen LogP contribution is 2.36. The van der Waals surface area contributed by atoms with E-state index in [1.54, 1.807) is 81.4 Å². The molecule has 0 spiro atoms. The Hall–Kier alpha value is -5.44. The number of hydrogen-bond acceptors (Lipinski definition) is 12. The molecule has 6 aromatic rings. The van der Waals surface area contributed by atoms with E-state index in [-0.39, 0.29) is 77.4 Å². The summed E-state index contributed by atoms with van der Waals surface area (Å²) in [6.07, 6.45) is 0.511. The molecule has 404 valence electrons. The Balaban J connectivity index is 0.000000197. The van der Waals surface area contributed by atoms with Crippen LogP contribution in [0.3, 0.4) is 0 Å². The molecule has 0 saturated carbocycles. The Labute approximate surface area is 457 Å². The van der Waals surface area contributed by atoms with Gasteiger partial charge in [-0.1, -0.05) is 109 Å². The van der Waals surface area contributed by atoms with Gasteiger partial charge in [0.05, 0.1) is 9.79 Å². The smallest absolute Gasteiger partial charge is 0.411 e. The second-order valence-electron chi connectivity index (χ2n) is 18.8. The summed E-state index contributed by atoms with van der Waals surface area (Å²) in [5.74, 6) is -0.333. The number of halogens is 3. The fraction of sp³-hybridized carbons (Fsp3) is 0.316. The molecule has 0 radical (unpaired) electrons. The van der Waals surface area contributed by atoms with Gasteiger partial charge in [-0.2, -0.15) is 4.31 Å². The predicted molar refractivity (Wildman–Crippen MR) is 297 cm³/mol. The SMILES string of the molecule is CC(C)(C)OC(=O)N1CCS[C@H]1C(=O)C[C@@H](CCO)c1ccc(F)cc1.O=C(C[C@@H](CCO)c1ccc(F)cc1)[C@@H]1SCCN1S(=O)(=O)c1ccc(-c2ccccc2)cc1.O=S(=O)(Cl)c1ccc(-c2ccccc2)cc1. The summed E-state index contributed by atoms with van der Waals surface area (Å²) in [6.45, 7) is 5.90. The average molecular weight is 1140 g/mol. The molecule has 0 aliphatic carbocycles. The second kappa shape index (κ2) is 27.7. The van der Waals surface area contributed by atoms with Gasteiger partial charge in [0.15, 0.2) is 11.6 Å². The summed E-state index contributed by atoms with van der Waals surface area (Å²) < 4.78 is 82.0. The van der Waals surface area contributed by atoms with Crippen LogP contribution in [0.15, 0.2) is 168 Å².